The Morgan fingerprint density at radius 2 is 1.45 bits per heavy atom. The van der Waals surface area contributed by atoms with Gasteiger partial charge in [-0.2, -0.15) is 11.3 Å². The monoisotopic (exact) mass is 168 g/mol. The molecule has 0 aromatic carbocycles. The molecule has 0 saturated heterocycles. The van der Waals surface area contributed by atoms with E-state index >= 15 is 0 Å². The second kappa shape index (κ2) is 2.80. The van der Waals surface area contributed by atoms with E-state index < -0.39 is 0 Å². The van der Waals surface area contributed by atoms with Crippen molar-refractivity contribution in [2.45, 2.75) is 0 Å². The smallest absolute Gasteiger partial charge is 0.117 e. The second-order valence-corrected chi connectivity index (χ2v) is 2.84. The third-order valence-electron chi connectivity index (χ3n) is 1.28. The number of aliphatic hydroxyl groups excluding tert-OH is 2. The van der Waals surface area contributed by atoms with Gasteiger partial charge in [-0.25, -0.2) is 0 Å². The maximum Gasteiger partial charge on any atom is 0.117 e. The van der Waals surface area contributed by atoms with Gasteiger partial charge in [-0.05, 0) is 0 Å². The van der Waals surface area contributed by atoms with E-state index in [1.807, 2.05) is 0 Å². The second-order valence-electron chi connectivity index (χ2n) is 2.09. The van der Waals surface area contributed by atoms with Gasteiger partial charge in [0.05, 0.1) is 0 Å². The fourth-order valence-corrected chi connectivity index (χ4v) is 1.61. The summed E-state index contributed by atoms with van der Waals surface area (Å²) in [4.78, 5) is 0. The number of rotatable bonds is 2. The van der Waals surface area contributed by atoms with E-state index in [0.29, 0.717) is 11.1 Å². The van der Waals surface area contributed by atoms with Crippen molar-refractivity contribution in [1.82, 2.24) is 0 Å². The van der Waals surface area contributed by atoms with Crippen molar-refractivity contribution in [2.24, 2.45) is 0 Å². The Morgan fingerprint density at radius 1 is 1.09 bits per heavy atom. The lowest BCUT2D eigenvalue weighted by Gasteiger charge is -1.98. The normalized spacial score (nSPS) is 9.45. The molecule has 0 amide bonds. The van der Waals surface area contributed by atoms with Crippen LogP contribution in [0, 0.1) is 0 Å². The molecule has 58 valence electrons. The highest BCUT2D eigenvalue weighted by molar-refractivity contribution is 7.08. The van der Waals surface area contributed by atoms with Gasteiger partial charge in [0, 0.05) is 21.9 Å². The maximum absolute atomic E-state index is 9.00. The van der Waals surface area contributed by atoms with Crippen molar-refractivity contribution in [3.05, 3.63) is 35.0 Å². The van der Waals surface area contributed by atoms with Gasteiger partial charge in [-0.1, -0.05) is 13.2 Å². The third-order valence-corrected chi connectivity index (χ3v) is 2.03. The summed E-state index contributed by atoms with van der Waals surface area (Å²) in [6.07, 6.45) is 0. The van der Waals surface area contributed by atoms with E-state index in [1.54, 1.807) is 10.8 Å². The first-order chi connectivity index (χ1) is 5.13. The van der Waals surface area contributed by atoms with Gasteiger partial charge in [-0.15, -0.1) is 0 Å². The number of hydrogen-bond donors (Lipinski definition) is 2. The summed E-state index contributed by atoms with van der Waals surface area (Å²) in [5, 5.41) is 21.4. The van der Waals surface area contributed by atoms with Crippen LogP contribution in [0.3, 0.4) is 0 Å². The van der Waals surface area contributed by atoms with Crippen molar-refractivity contribution in [2.75, 3.05) is 0 Å². The van der Waals surface area contributed by atoms with E-state index in [0.717, 1.165) is 0 Å². The molecule has 1 aromatic rings. The van der Waals surface area contributed by atoms with E-state index in [9.17, 15) is 0 Å². The van der Waals surface area contributed by atoms with Gasteiger partial charge < -0.3 is 10.2 Å². The van der Waals surface area contributed by atoms with Crippen LogP contribution in [0.2, 0.25) is 0 Å². The first-order valence-corrected chi connectivity index (χ1v) is 3.90. The Balaban J connectivity index is 3.16. The number of aliphatic hydroxyl groups is 2. The molecule has 0 aliphatic carbocycles. The molecule has 0 aliphatic heterocycles. The topological polar surface area (TPSA) is 40.5 Å². The summed E-state index contributed by atoms with van der Waals surface area (Å²) in [6, 6.07) is 0. The Kier molecular flexibility index (Phi) is 2.01. The zero-order valence-electron chi connectivity index (χ0n) is 5.87. The largest absolute Gasteiger partial charge is 0.508 e. The number of hydrogen-bond acceptors (Lipinski definition) is 3. The highest BCUT2D eigenvalue weighted by Gasteiger charge is 2.07. The van der Waals surface area contributed by atoms with Crippen LogP contribution in [0.1, 0.15) is 11.1 Å². The molecular weight excluding hydrogens is 160 g/mol. The lowest BCUT2D eigenvalue weighted by Crippen LogP contribution is -1.84. The molecular formula is C8H8O2S. The van der Waals surface area contributed by atoms with E-state index in [4.69, 9.17) is 10.2 Å². The first-order valence-electron chi connectivity index (χ1n) is 2.95. The van der Waals surface area contributed by atoms with Crippen LogP contribution in [-0.2, 0) is 0 Å². The zero-order valence-corrected chi connectivity index (χ0v) is 6.69. The lowest BCUT2D eigenvalue weighted by atomic mass is 10.1. The van der Waals surface area contributed by atoms with Gasteiger partial charge in [-0.3, -0.25) is 0 Å². The van der Waals surface area contributed by atoms with Crippen LogP contribution in [0.5, 0.6) is 0 Å². The van der Waals surface area contributed by atoms with Crippen molar-refractivity contribution < 1.29 is 10.2 Å². The minimum absolute atomic E-state index is 0.0450. The van der Waals surface area contributed by atoms with Gasteiger partial charge in [0.2, 0.25) is 0 Å². The van der Waals surface area contributed by atoms with E-state index in [1.165, 1.54) is 11.3 Å². The molecule has 0 saturated carbocycles. The summed E-state index contributed by atoms with van der Waals surface area (Å²) in [5.41, 5.74) is 1.09. The summed E-state index contributed by atoms with van der Waals surface area (Å²) < 4.78 is 0. The quantitative estimate of drug-likeness (QED) is 0.666. The molecule has 0 unspecified atom stereocenters. The molecule has 3 heteroatoms. The highest BCUT2D eigenvalue weighted by Crippen LogP contribution is 2.24. The SMILES string of the molecule is C=C(O)c1cscc1C(=C)O. The van der Waals surface area contributed by atoms with Crippen molar-refractivity contribution in [1.29, 1.82) is 0 Å². The van der Waals surface area contributed by atoms with Crippen molar-refractivity contribution in [3.63, 3.8) is 0 Å². The molecule has 0 atom stereocenters. The fourth-order valence-electron chi connectivity index (χ4n) is 0.744. The molecule has 0 spiro atoms. The van der Waals surface area contributed by atoms with Crippen molar-refractivity contribution >= 4 is 22.9 Å². The molecule has 0 aliphatic rings. The summed E-state index contributed by atoms with van der Waals surface area (Å²) in [5.74, 6) is -0.0899. The third kappa shape index (κ3) is 1.43. The molecule has 2 N–H and O–H groups in total. The summed E-state index contributed by atoms with van der Waals surface area (Å²) in [7, 11) is 0. The maximum atomic E-state index is 9.00. The molecule has 1 rings (SSSR count). The molecule has 1 aromatic heterocycles. The van der Waals surface area contributed by atoms with Crippen LogP contribution in [0.25, 0.3) is 11.5 Å². The summed E-state index contributed by atoms with van der Waals surface area (Å²) in [6.45, 7) is 6.70. The van der Waals surface area contributed by atoms with Gasteiger partial charge in [0.15, 0.2) is 0 Å². The Labute approximate surface area is 68.7 Å². The van der Waals surface area contributed by atoms with Crippen LogP contribution in [-0.4, -0.2) is 10.2 Å². The van der Waals surface area contributed by atoms with Crippen LogP contribution < -0.4 is 0 Å². The average molecular weight is 168 g/mol. The first kappa shape index (κ1) is 7.88. The molecule has 1 heterocycles. The standard InChI is InChI=1S/C8H8O2S/c1-5(9)7-3-11-4-8(7)6(2)10/h3-4,9-10H,1-2H2. The van der Waals surface area contributed by atoms with Gasteiger partial charge >= 0.3 is 0 Å². The van der Waals surface area contributed by atoms with Crippen LogP contribution in [0.4, 0.5) is 0 Å². The fraction of sp³-hybridized carbons (Fsp3) is 0. The summed E-state index contributed by atoms with van der Waals surface area (Å²) >= 11 is 1.38. The van der Waals surface area contributed by atoms with Gasteiger partial charge in [0.1, 0.15) is 11.5 Å². The molecule has 0 fully saturated rings. The van der Waals surface area contributed by atoms with Crippen LogP contribution >= 0.6 is 11.3 Å². The molecule has 11 heavy (non-hydrogen) atoms. The Morgan fingerprint density at radius 3 is 1.73 bits per heavy atom. The Bertz CT molecular complexity index is 270. The predicted octanol–water partition coefficient (Wildman–Crippen LogP) is 2.81. The van der Waals surface area contributed by atoms with Crippen LogP contribution in [0.15, 0.2) is 23.9 Å². The molecule has 0 radical (unpaired) electrons. The zero-order chi connectivity index (χ0) is 8.43. The number of thiophene rings is 1. The molecule has 2 nitrogen and oxygen atoms in total. The van der Waals surface area contributed by atoms with Crippen molar-refractivity contribution in [3.8, 4) is 0 Å². The lowest BCUT2D eigenvalue weighted by molar-refractivity contribution is 0.503. The van der Waals surface area contributed by atoms with E-state index in [-0.39, 0.29) is 11.5 Å². The molecule has 0 bridgehead atoms. The minimum Gasteiger partial charge on any atom is -0.508 e. The minimum atomic E-state index is -0.0450. The van der Waals surface area contributed by atoms with Gasteiger partial charge in [0.25, 0.3) is 0 Å². The van der Waals surface area contributed by atoms with E-state index in [2.05, 4.69) is 13.2 Å². The Hall–Kier alpha value is -1.22. The predicted molar refractivity (Wildman–Crippen MR) is 47.6 cm³/mol. The average Bonchev–Trinajstić information content (AvgIpc) is 2.32. The highest BCUT2D eigenvalue weighted by atomic mass is 32.1.